The van der Waals surface area contributed by atoms with Crippen molar-refractivity contribution in [3.05, 3.63) is 42.4 Å². The number of esters is 1. The molecule has 0 aliphatic carbocycles. The number of carbonyl (C=O) groups excluding carboxylic acids is 2. The van der Waals surface area contributed by atoms with E-state index in [-0.39, 0.29) is 23.7 Å². The molecule has 0 radical (unpaired) electrons. The molecule has 1 amide bonds. The highest BCUT2D eigenvalue weighted by molar-refractivity contribution is 5.98. The van der Waals surface area contributed by atoms with Crippen LogP contribution in [-0.4, -0.2) is 54.1 Å². The quantitative estimate of drug-likeness (QED) is 0.455. The Morgan fingerprint density at radius 2 is 2.03 bits per heavy atom. The minimum Gasteiger partial charge on any atom is -0.479 e. The molecule has 0 spiro atoms. The first-order valence-electron chi connectivity index (χ1n) is 11.2. The summed E-state index contributed by atoms with van der Waals surface area (Å²) in [6.07, 6.45) is 4.77. The molecule has 3 heterocycles. The third-order valence-corrected chi connectivity index (χ3v) is 5.51. The molecule has 1 aliphatic heterocycles. The van der Waals surface area contributed by atoms with Crippen molar-refractivity contribution in [2.75, 3.05) is 25.2 Å². The molecular formula is C24H29F2N3O5. The molecule has 1 unspecified atom stereocenters. The van der Waals surface area contributed by atoms with Crippen molar-refractivity contribution in [1.82, 2.24) is 9.97 Å². The Morgan fingerprint density at radius 1 is 1.24 bits per heavy atom. The van der Waals surface area contributed by atoms with Crippen molar-refractivity contribution in [2.24, 2.45) is 5.92 Å². The van der Waals surface area contributed by atoms with Crippen LogP contribution in [0.25, 0.3) is 0 Å². The van der Waals surface area contributed by atoms with Crippen LogP contribution in [0.1, 0.15) is 38.8 Å². The number of alkyl halides is 2. The summed E-state index contributed by atoms with van der Waals surface area (Å²) in [7, 11) is 1.39. The Kier molecular flexibility index (Phi) is 8.36. The fraction of sp³-hybridized carbons (Fsp3) is 0.500. The first kappa shape index (κ1) is 25.3. The van der Waals surface area contributed by atoms with E-state index in [9.17, 15) is 18.4 Å². The van der Waals surface area contributed by atoms with Gasteiger partial charge in [-0.05, 0) is 37.5 Å². The second kappa shape index (κ2) is 11.2. The SMILES string of the molecule is CCC(CCc1ccc(N2CC[C@@H](Oc3ccc(OCC(C)(F)F)nc3)C2=O)cn1)C(=O)OC. The molecule has 34 heavy (non-hydrogen) atoms. The van der Waals surface area contributed by atoms with Gasteiger partial charge in [-0.15, -0.1) is 0 Å². The normalized spacial score (nSPS) is 16.9. The van der Waals surface area contributed by atoms with Gasteiger partial charge in [-0.25, -0.2) is 13.8 Å². The van der Waals surface area contributed by atoms with Gasteiger partial charge in [0.25, 0.3) is 11.8 Å². The first-order valence-corrected chi connectivity index (χ1v) is 11.2. The second-order valence-corrected chi connectivity index (χ2v) is 8.25. The molecule has 1 saturated heterocycles. The maximum Gasteiger partial charge on any atom is 0.308 e. The highest BCUT2D eigenvalue weighted by atomic mass is 19.3. The van der Waals surface area contributed by atoms with E-state index in [2.05, 4.69) is 9.97 Å². The summed E-state index contributed by atoms with van der Waals surface area (Å²) in [5.74, 6) is -3.13. The highest BCUT2D eigenvalue weighted by Crippen LogP contribution is 2.26. The number of nitrogens with zero attached hydrogens (tertiary/aromatic N) is 3. The third-order valence-electron chi connectivity index (χ3n) is 5.51. The van der Waals surface area contributed by atoms with Gasteiger partial charge >= 0.3 is 5.97 Å². The second-order valence-electron chi connectivity index (χ2n) is 8.25. The van der Waals surface area contributed by atoms with Crippen LogP contribution in [0.15, 0.2) is 36.7 Å². The minimum atomic E-state index is -2.95. The molecule has 0 bridgehead atoms. The lowest BCUT2D eigenvalue weighted by Crippen LogP contribution is -2.32. The fourth-order valence-corrected chi connectivity index (χ4v) is 3.61. The Hall–Kier alpha value is -3.30. The van der Waals surface area contributed by atoms with Crippen molar-refractivity contribution < 1.29 is 32.6 Å². The maximum absolute atomic E-state index is 12.9. The summed E-state index contributed by atoms with van der Waals surface area (Å²) in [5.41, 5.74) is 1.50. The number of rotatable bonds is 11. The van der Waals surface area contributed by atoms with Gasteiger partial charge in [0.05, 0.1) is 31.1 Å². The van der Waals surface area contributed by atoms with Gasteiger partial charge in [-0.1, -0.05) is 6.92 Å². The summed E-state index contributed by atoms with van der Waals surface area (Å²) in [6.45, 7) is 2.41. The first-order chi connectivity index (χ1) is 16.2. The van der Waals surface area contributed by atoms with Crippen LogP contribution in [0, 0.1) is 5.92 Å². The molecule has 8 nitrogen and oxygen atoms in total. The molecule has 10 heteroatoms. The molecule has 0 aromatic carbocycles. The zero-order chi connectivity index (χ0) is 24.7. The molecule has 2 aromatic heterocycles. The maximum atomic E-state index is 12.9. The number of anilines is 1. The average Bonchev–Trinajstić information content (AvgIpc) is 3.18. The van der Waals surface area contributed by atoms with E-state index in [4.69, 9.17) is 14.2 Å². The number of amides is 1. The lowest BCUT2D eigenvalue weighted by Gasteiger charge is -2.17. The molecule has 2 atom stereocenters. The Morgan fingerprint density at radius 3 is 2.62 bits per heavy atom. The van der Waals surface area contributed by atoms with Gasteiger partial charge in [0, 0.05) is 31.6 Å². The van der Waals surface area contributed by atoms with Gasteiger partial charge < -0.3 is 19.1 Å². The van der Waals surface area contributed by atoms with Crippen molar-refractivity contribution >= 4 is 17.6 Å². The Bertz CT molecular complexity index is 964. The summed E-state index contributed by atoms with van der Waals surface area (Å²) in [6, 6.07) is 6.63. The number of hydrogen-bond donors (Lipinski definition) is 0. The molecule has 1 fully saturated rings. The van der Waals surface area contributed by atoms with Crippen LogP contribution in [-0.2, 0) is 20.7 Å². The molecule has 2 aromatic rings. The van der Waals surface area contributed by atoms with E-state index in [0.29, 0.717) is 43.7 Å². The van der Waals surface area contributed by atoms with E-state index < -0.39 is 18.6 Å². The van der Waals surface area contributed by atoms with Gasteiger partial charge in [0.15, 0.2) is 12.7 Å². The van der Waals surface area contributed by atoms with Crippen LogP contribution in [0.2, 0.25) is 0 Å². The fourth-order valence-electron chi connectivity index (χ4n) is 3.61. The van der Waals surface area contributed by atoms with Crippen molar-refractivity contribution in [1.29, 1.82) is 0 Å². The molecule has 3 rings (SSSR count). The molecule has 0 saturated carbocycles. The smallest absolute Gasteiger partial charge is 0.308 e. The third kappa shape index (κ3) is 6.85. The van der Waals surface area contributed by atoms with Gasteiger partial charge in [0.2, 0.25) is 5.88 Å². The Labute approximate surface area is 197 Å². The van der Waals surface area contributed by atoms with Gasteiger partial charge in [0.1, 0.15) is 5.75 Å². The number of aromatic nitrogens is 2. The summed E-state index contributed by atoms with van der Waals surface area (Å²) < 4.78 is 41.3. The Balaban J connectivity index is 1.53. The standard InChI is InChI=1S/C24H29F2N3O5/c1-4-16(23(31)32-3)5-6-17-7-8-18(13-27-17)29-12-11-20(22(29)30)34-19-9-10-21(28-14-19)33-15-24(2,25)26/h7-10,13-14,16,20H,4-6,11-12,15H2,1-3H3/t16?,20-/m1/s1. The highest BCUT2D eigenvalue weighted by Gasteiger charge is 2.34. The topological polar surface area (TPSA) is 90.9 Å². The average molecular weight is 478 g/mol. The zero-order valence-corrected chi connectivity index (χ0v) is 19.5. The van der Waals surface area contributed by atoms with Crippen LogP contribution < -0.4 is 14.4 Å². The number of ether oxygens (including phenoxy) is 3. The predicted molar refractivity (Wildman–Crippen MR) is 120 cm³/mol. The van der Waals surface area contributed by atoms with Crippen LogP contribution in [0.3, 0.4) is 0 Å². The lowest BCUT2D eigenvalue weighted by molar-refractivity contribution is -0.145. The van der Waals surface area contributed by atoms with Crippen molar-refractivity contribution in [2.45, 2.75) is 51.6 Å². The van der Waals surface area contributed by atoms with Crippen molar-refractivity contribution in [3.8, 4) is 11.6 Å². The lowest BCUT2D eigenvalue weighted by atomic mass is 9.99. The number of hydrogen-bond acceptors (Lipinski definition) is 7. The monoisotopic (exact) mass is 477 g/mol. The van der Waals surface area contributed by atoms with E-state index in [0.717, 1.165) is 12.6 Å². The molecule has 184 valence electrons. The number of aryl methyl sites for hydroxylation is 1. The van der Waals surface area contributed by atoms with E-state index in [1.54, 1.807) is 11.1 Å². The summed E-state index contributed by atoms with van der Waals surface area (Å²) in [5, 5.41) is 0. The van der Waals surface area contributed by atoms with Gasteiger partial charge in [-0.2, -0.15) is 0 Å². The largest absolute Gasteiger partial charge is 0.479 e. The number of pyridine rings is 2. The molecular weight excluding hydrogens is 448 g/mol. The minimum absolute atomic E-state index is 0.0521. The van der Waals surface area contributed by atoms with E-state index >= 15 is 0 Å². The number of halogens is 2. The van der Waals surface area contributed by atoms with Crippen LogP contribution >= 0.6 is 0 Å². The molecule has 0 N–H and O–H groups in total. The number of carbonyl (C=O) groups is 2. The van der Waals surface area contributed by atoms with Crippen molar-refractivity contribution in [3.63, 3.8) is 0 Å². The summed E-state index contributed by atoms with van der Waals surface area (Å²) in [4.78, 5) is 34.6. The van der Waals surface area contributed by atoms with Crippen LogP contribution in [0.5, 0.6) is 11.6 Å². The van der Waals surface area contributed by atoms with E-state index in [1.807, 2.05) is 19.1 Å². The predicted octanol–water partition coefficient (Wildman–Crippen LogP) is 3.83. The van der Waals surface area contributed by atoms with Gasteiger partial charge in [-0.3, -0.25) is 14.6 Å². The zero-order valence-electron chi connectivity index (χ0n) is 19.5. The van der Waals surface area contributed by atoms with Crippen LogP contribution in [0.4, 0.5) is 14.5 Å². The van der Waals surface area contributed by atoms with E-state index in [1.165, 1.54) is 25.4 Å². The molecule has 1 aliphatic rings. The summed E-state index contributed by atoms with van der Waals surface area (Å²) >= 11 is 0. The number of methoxy groups -OCH3 is 1.